The molecule has 1 aromatic rings. The molecular formula is C9H9Br3. The monoisotopic (exact) mass is 354 g/mol. The molecule has 12 heavy (non-hydrogen) atoms. The maximum Gasteiger partial charge on any atom is 0.0528 e. The van der Waals surface area contributed by atoms with Crippen molar-refractivity contribution in [1.82, 2.24) is 0 Å². The number of rotatable bonds is 3. The fraction of sp³-hybridized carbons (Fsp3) is 0.333. The molecule has 2 atom stereocenters. The van der Waals surface area contributed by atoms with Gasteiger partial charge in [0, 0.05) is 10.2 Å². The summed E-state index contributed by atoms with van der Waals surface area (Å²) in [7, 11) is 0. The van der Waals surface area contributed by atoms with E-state index in [1.807, 2.05) is 6.07 Å². The van der Waals surface area contributed by atoms with E-state index in [1.54, 1.807) is 0 Å². The molecule has 0 heterocycles. The third kappa shape index (κ3) is 2.86. The van der Waals surface area contributed by atoms with Gasteiger partial charge in [0.25, 0.3) is 0 Å². The third-order valence-corrected chi connectivity index (χ3v) is 5.88. The van der Waals surface area contributed by atoms with Crippen molar-refractivity contribution in [2.75, 3.05) is 5.33 Å². The van der Waals surface area contributed by atoms with Gasteiger partial charge in [0.15, 0.2) is 0 Å². The van der Waals surface area contributed by atoms with Crippen LogP contribution >= 0.6 is 47.8 Å². The zero-order chi connectivity index (χ0) is 8.97. The van der Waals surface area contributed by atoms with Gasteiger partial charge < -0.3 is 0 Å². The van der Waals surface area contributed by atoms with Crippen molar-refractivity contribution in [2.24, 2.45) is 0 Å². The largest absolute Gasteiger partial charge is 0.0915 e. The van der Waals surface area contributed by atoms with E-state index in [-0.39, 0.29) is 0 Å². The molecule has 2 unspecified atom stereocenters. The topological polar surface area (TPSA) is 0 Å². The average molecular weight is 357 g/mol. The van der Waals surface area contributed by atoms with E-state index < -0.39 is 0 Å². The second-order valence-electron chi connectivity index (χ2n) is 2.48. The van der Waals surface area contributed by atoms with Crippen LogP contribution in [0, 0.1) is 0 Å². The Morgan fingerprint density at radius 2 is 1.67 bits per heavy atom. The van der Waals surface area contributed by atoms with E-state index in [4.69, 9.17) is 0 Å². The second kappa shape index (κ2) is 5.40. The van der Waals surface area contributed by atoms with Gasteiger partial charge >= 0.3 is 0 Å². The molecule has 66 valence electrons. The highest BCUT2D eigenvalue weighted by Crippen LogP contribution is 2.31. The first-order chi connectivity index (χ1) is 5.75. The second-order valence-corrected chi connectivity index (χ2v) is 5.29. The van der Waals surface area contributed by atoms with Gasteiger partial charge in [-0.25, -0.2) is 0 Å². The Kier molecular flexibility index (Phi) is 4.84. The molecular weight excluding hydrogens is 348 g/mol. The lowest BCUT2D eigenvalue weighted by molar-refractivity contribution is 0.965. The van der Waals surface area contributed by atoms with Crippen LogP contribution in [0.25, 0.3) is 0 Å². The molecule has 0 saturated carbocycles. The van der Waals surface area contributed by atoms with Crippen LogP contribution in [0.15, 0.2) is 30.3 Å². The molecule has 0 saturated heterocycles. The number of hydrogen-bond donors (Lipinski definition) is 0. The first-order valence-electron chi connectivity index (χ1n) is 3.64. The molecule has 0 aliphatic rings. The van der Waals surface area contributed by atoms with Crippen molar-refractivity contribution in [3.05, 3.63) is 35.9 Å². The first kappa shape index (κ1) is 10.7. The van der Waals surface area contributed by atoms with E-state index in [0.29, 0.717) is 9.65 Å². The van der Waals surface area contributed by atoms with Gasteiger partial charge in [0.05, 0.1) is 4.83 Å². The molecule has 1 aromatic carbocycles. The molecule has 3 heteroatoms. The van der Waals surface area contributed by atoms with Crippen molar-refractivity contribution in [3.8, 4) is 0 Å². The predicted molar refractivity (Wildman–Crippen MR) is 64.6 cm³/mol. The SMILES string of the molecule is BrCC(Br)C(Br)c1ccccc1. The highest BCUT2D eigenvalue weighted by Gasteiger charge is 2.15. The molecule has 0 aromatic heterocycles. The van der Waals surface area contributed by atoms with Crippen LogP contribution in [-0.4, -0.2) is 10.2 Å². The van der Waals surface area contributed by atoms with Crippen LogP contribution in [0.1, 0.15) is 10.4 Å². The Hall–Kier alpha value is 0.660. The summed E-state index contributed by atoms with van der Waals surface area (Å²) in [6.07, 6.45) is 0. The van der Waals surface area contributed by atoms with Crippen molar-refractivity contribution in [1.29, 1.82) is 0 Å². The molecule has 0 N–H and O–H groups in total. The summed E-state index contributed by atoms with van der Waals surface area (Å²) in [5.74, 6) is 0. The lowest BCUT2D eigenvalue weighted by Gasteiger charge is -2.14. The third-order valence-electron chi connectivity index (χ3n) is 1.58. The maximum absolute atomic E-state index is 3.63. The maximum atomic E-state index is 3.63. The van der Waals surface area contributed by atoms with Crippen LogP contribution in [0.3, 0.4) is 0 Å². The Bertz CT molecular complexity index is 222. The average Bonchev–Trinajstić information content (AvgIpc) is 2.17. The molecule has 0 nitrogen and oxygen atoms in total. The summed E-state index contributed by atoms with van der Waals surface area (Å²) in [4.78, 5) is 0.804. The van der Waals surface area contributed by atoms with Gasteiger partial charge in [-0.15, -0.1) is 0 Å². The standard InChI is InChI=1S/C9H9Br3/c10-6-8(11)9(12)7-4-2-1-3-5-7/h1-5,8-9H,6H2. The first-order valence-corrected chi connectivity index (χ1v) is 6.60. The van der Waals surface area contributed by atoms with E-state index in [2.05, 4.69) is 72.1 Å². The van der Waals surface area contributed by atoms with Crippen molar-refractivity contribution in [2.45, 2.75) is 9.65 Å². The quantitative estimate of drug-likeness (QED) is 0.709. The minimum absolute atomic E-state index is 0.373. The normalized spacial score (nSPS) is 15.6. The van der Waals surface area contributed by atoms with Gasteiger partial charge in [-0.2, -0.15) is 0 Å². The zero-order valence-electron chi connectivity index (χ0n) is 6.38. The predicted octanol–water partition coefficient (Wildman–Crippen LogP) is 4.28. The Morgan fingerprint density at radius 3 is 2.17 bits per heavy atom. The highest BCUT2D eigenvalue weighted by molar-refractivity contribution is 9.13. The van der Waals surface area contributed by atoms with Crippen LogP contribution < -0.4 is 0 Å². The number of halogens is 3. The summed E-state index contributed by atoms with van der Waals surface area (Å²) in [6.45, 7) is 0. The van der Waals surface area contributed by atoms with Crippen molar-refractivity contribution >= 4 is 47.8 Å². The van der Waals surface area contributed by atoms with Crippen LogP contribution in [0.4, 0.5) is 0 Å². The summed E-state index contributed by atoms with van der Waals surface area (Å²) in [6, 6.07) is 10.4. The summed E-state index contributed by atoms with van der Waals surface area (Å²) < 4.78 is 0. The smallest absolute Gasteiger partial charge is 0.0528 e. The van der Waals surface area contributed by atoms with Gasteiger partial charge in [0.1, 0.15) is 0 Å². The molecule has 0 bridgehead atoms. The fourth-order valence-corrected chi connectivity index (χ4v) is 2.60. The molecule has 1 rings (SSSR count). The van der Waals surface area contributed by atoms with Gasteiger partial charge in [-0.05, 0) is 5.56 Å². The number of alkyl halides is 3. The Balaban J connectivity index is 2.71. The summed E-state index contributed by atoms with van der Waals surface area (Å²) in [5.41, 5.74) is 1.30. The van der Waals surface area contributed by atoms with Gasteiger partial charge in [-0.3, -0.25) is 0 Å². The van der Waals surface area contributed by atoms with Crippen LogP contribution in [-0.2, 0) is 0 Å². The molecule has 0 amide bonds. The molecule has 0 radical (unpaired) electrons. The molecule has 0 spiro atoms. The van der Waals surface area contributed by atoms with E-state index >= 15 is 0 Å². The fourth-order valence-electron chi connectivity index (χ4n) is 0.924. The highest BCUT2D eigenvalue weighted by atomic mass is 79.9. The van der Waals surface area contributed by atoms with Crippen molar-refractivity contribution < 1.29 is 0 Å². The number of hydrogen-bond acceptors (Lipinski definition) is 0. The Morgan fingerprint density at radius 1 is 1.08 bits per heavy atom. The molecule has 0 fully saturated rings. The summed E-state index contributed by atoms with van der Waals surface area (Å²) >= 11 is 10.7. The molecule has 0 aliphatic carbocycles. The number of benzene rings is 1. The lowest BCUT2D eigenvalue weighted by atomic mass is 10.1. The van der Waals surface area contributed by atoms with Crippen molar-refractivity contribution in [3.63, 3.8) is 0 Å². The summed E-state index contributed by atoms with van der Waals surface area (Å²) in [5, 5.41) is 0.942. The molecule has 0 aliphatic heterocycles. The van der Waals surface area contributed by atoms with E-state index in [1.165, 1.54) is 5.56 Å². The minimum Gasteiger partial charge on any atom is -0.0915 e. The van der Waals surface area contributed by atoms with Crippen LogP contribution in [0.5, 0.6) is 0 Å². The lowest BCUT2D eigenvalue weighted by Crippen LogP contribution is -2.07. The Labute approximate surface area is 98.1 Å². The van der Waals surface area contributed by atoms with E-state index in [9.17, 15) is 0 Å². The van der Waals surface area contributed by atoms with E-state index in [0.717, 1.165) is 5.33 Å². The minimum atomic E-state index is 0.373. The van der Waals surface area contributed by atoms with Crippen LogP contribution in [0.2, 0.25) is 0 Å². The van der Waals surface area contributed by atoms with Gasteiger partial charge in [-0.1, -0.05) is 78.1 Å². The zero-order valence-corrected chi connectivity index (χ0v) is 11.1. The van der Waals surface area contributed by atoms with Gasteiger partial charge in [0.2, 0.25) is 0 Å².